The minimum atomic E-state index is -3.31. The Morgan fingerprint density at radius 2 is 1.60 bits per heavy atom. The van der Waals surface area contributed by atoms with Gasteiger partial charge in [0.05, 0.1) is 16.3 Å². The summed E-state index contributed by atoms with van der Waals surface area (Å²) in [5.41, 5.74) is 1.74. The lowest BCUT2D eigenvalue weighted by Crippen LogP contribution is -2.21. The van der Waals surface area contributed by atoms with Gasteiger partial charge in [-0.2, -0.15) is 5.10 Å². The molecular weight excluding hydrogens is 424 g/mol. The van der Waals surface area contributed by atoms with E-state index in [4.69, 9.17) is 11.6 Å². The first kappa shape index (κ1) is 21.9. The van der Waals surface area contributed by atoms with Crippen LogP contribution in [0.25, 0.3) is 5.69 Å². The molecule has 7 nitrogen and oxygen atoms in total. The maximum Gasteiger partial charge on any atom is 0.324 e. The third kappa shape index (κ3) is 5.20. The van der Waals surface area contributed by atoms with Gasteiger partial charge in [0.1, 0.15) is 5.82 Å². The van der Waals surface area contributed by atoms with Crippen molar-refractivity contribution in [3.63, 3.8) is 0 Å². The lowest BCUT2D eigenvalue weighted by molar-refractivity contribution is 0.262. The molecule has 3 aromatic rings. The Morgan fingerprint density at radius 3 is 2.13 bits per heavy atom. The van der Waals surface area contributed by atoms with E-state index in [9.17, 15) is 13.2 Å². The molecule has 2 N–H and O–H groups in total. The molecule has 0 aliphatic heterocycles. The summed E-state index contributed by atoms with van der Waals surface area (Å²) in [6, 6.07) is 14.5. The van der Waals surface area contributed by atoms with Crippen molar-refractivity contribution in [3.05, 3.63) is 65.3 Å². The van der Waals surface area contributed by atoms with Gasteiger partial charge >= 0.3 is 6.03 Å². The Kier molecular flexibility index (Phi) is 5.92. The second kappa shape index (κ2) is 8.12. The Balaban J connectivity index is 1.92. The zero-order chi connectivity index (χ0) is 22.1. The standard InChI is InChI=1S/C21H23ClN4O3S/c1-21(2,3)18-13-19(24-20(27)23-15-7-5-14(22)6-8-15)26(25-18)16-9-11-17(12-10-16)30(4,28)29/h5-13H,1-4H3,(H2,23,24,27). The number of nitrogens with one attached hydrogen (secondary N) is 2. The molecule has 30 heavy (non-hydrogen) atoms. The number of halogens is 1. The number of hydrogen-bond donors (Lipinski definition) is 2. The van der Waals surface area contributed by atoms with Crippen LogP contribution in [0.2, 0.25) is 5.02 Å². The van der Waals surface area contributed by atoms with Gasteiger partial charge in [-0.1, -0.05) is 32.4 Å². The van der Waals surface area contributed by atoms with Crippen LogP contribution in [-0.2, 0) is 15.3 Å². The average molecular weight is 447 g/mol. The predicted molar refractivity (Wildman–Crippen MR) is 119 cm³/mol. The van der Waals surface area contributed by atoms with E-state index < -0.39 is 15.9 Å². The van der Waals surface area contributed by atoms with Crippen molar-refractivity contribution < 1.29 is 13.2 Å². The molecule has 0 atom stereocenters. The van der Waals surface area contributed by atoms with Crippen molar-refractivity contribution in [2.75, 3.05) is 16.9 Å². The van der Waals surface area contributed by atoms with Crippen LogP contribution in [0.15, 0.2) is 59.5 Å². The highest BCUT2D eigenvalue weighted by Crippen LogP contribution is 2.27. The Labute approximate surface area is 181 Å². The highest BCUT2D eigenvalue weighted by atomic mass is 35.5. The number of sulfone groups is 1. The molecule has 0 aliphatic rings. The molecule has 2 aromatic carbocycles. The van der Waals surface area contributed by atoms with Crippen molar-refractivity contribution in [2.45, 2.75) is 31.1 Å². The number of anilines is 2. The molecule has 0 aliphatic carbocycles. The fourth-order valence-corrected chi connectivity index (χ4v) is 3.44. The molecule has 3 rings (SSSR count). The molecule has 0 radical (unpaired) electrons. The molecular formula is C21H23ClN4O3S. The molecule has 158 valence electrons. The quantitative estimate of drug-likeness (QED) is 0.597. The van der Waals surface area contributed by atoms with Crippen molar-refractivity contribution in [1.82, 2.24) is 9.78 Å². The van der Waals surface area contributed by atoms with E-state index in [1.54, 1.807) is 47.1 Å². The number of carbonyl (C=O) groups excluding carboxylic acids is 1. The van der Waals surface area contributed by atoms with E-state index in [0.29, 0.717) is 22.2 Å². The Hall–Kier alpha value is -2.84. The molecule has 0 saturated heterocycles. The Bertz CT molecular complexity index is 1160. The summed E-state index contributed by atoms with van der Waals surface area (Å²) in [7, 11) is -3.31. The largest absolute Gasteiger partial charge is 0.324 e. The summed E-state index contributed by atoms with van der Waals surface area (Å²) in [6.07, 6.45) is 1.15. The van der Waals surface area contributed by atoms with Crippen LogP contribution in [0.1, 0.15) is 26.5 Å². The van der Waals surface area contributed by atoms with E-state index in [-0.39, 0.29) is 10.3 Å². The molecule has 1 aromatic heterocycles. The van der Waals surface area contributed by atoms with E-state index in [0.717, 1.165) is 11.9 Å². The highest BCUT2D eigenvalue weighted by Gasteiger charge is 2.22. The van der Waals surface area contributed by atoms with E-state index in [1.807, 2.05) is 20.8 Å². The Morgan fingerprint density at radius 1 is 1.00 bits per heavy atom. The van der Waals surface area contributed by atoms with Crippen molar-refractivity contribution in [1.29, 1.82) is 0 Å². The average Bonchev–Trinajstić information content (AvgIpc) is 3.07. The molecule has 0 spiro atoms. The molecule has 9 heteroatoms. The van der Waals surface area contributed by atoms with Gasteiger partial charge in [-0.15, -0.1) is 0 Å². The zero-order valence-electron chi connectivity index (χ0n) is 17.1. The van der Waals surface area contributed by atoms with Crippen LogP contribution < -0.4 is 10.6 Å². The molecule has 0 bridgehead atoms. The lowest BCUT2D eigenvalue weighted by Gasteiger charge is -2.14. The SMILES string of the molecule is CC(C)(C)c1cc(NC(=O)Nc2ccc(Cl)cc2)n(-c2ccc(S(C)(=O)=O)cc2)n1. The first-order valence-corrected chi connectivity index (χ1v) is 11.4. The predicted octanol–water partition coefficient (Wildman–Crippen LogP) is 4.87. The number of nitrogens with zero attached hydrogens (tertiary/aromatic N) is 2. The summed E-state index contributed by atoms with van der Waals surface area (Å²) >= 11 is 5.87. The number of hydrogen-bond acceptors (Lipinski definition) is 4. The monoisotopic (exact) mass is 446 g/mol. The summed E-state index contributed by atoms with van der Waals surface area (Å²) in [4.78, 5) is 12.7. The van der Waals surface area contributed by atoms with Gasteiger partial charge < -0.3 is 5.32 Å². The number of rotatable bonds is 4. The second-order valence-corrected chi connectivity index (χ2v) is 10.4. The smallest absolute Gasteiger partial charge is 0.308 e. The van der Waals surface area contributed by atoms with Crippen LogP contribution >= 0.6 is 11.6 Å². The maximum atomic E-state index is 12.5. The highest BCUT2D eigenvalue weighted by molar-refractivity contribution is 7.90. The van der Waals surface area contributed by atoms with Crippen LogP contribution in [0, 0.1) is 0 Å². The topological polar surface area (TPSA) is 93.1 Å². The van der Waals surface area contributed by atoms with Crippen molar-refractivity contribution >= 4 is 39.0 Å². The van der Waals surface area contributed by atoms with Crippen molar-refractivity contribution in [3.8, 4) is 5.69 Å². The third-order valence-electron chi connectivity index (χ3n) is 4.33. The van der Waals surface area contributed by atoms with Crippen LogP contribution in [0.5, 0.6) is 0 Å². The number of aromatic nitrogens is 2. The molecule has 0 saturated carbocycles. The number of urea groups is 1. The van der Waals surface area contributed by atoms with E-state index in [2.05, 4.69) is 15.7 Å². The third-order valence-corrected chi connectivity index (χ3v) is 5.71. The summed E-state index contributed by atoms with van der Waals surface area (Å²) in [5.74, 6) is 0.457. The first-order valence-electron chi connectivity index (χ1n) is 9.18. The molecule has 0 unspecified atom stereocenters. The van der Waals surface area contributed by atoms with Crippen molar-refractivity contribution in [2.24, 2.45) is 0 Å². The minimum Gasteiger partial charge on any atom is -0.308 e. The van der Waals surface area contributed by atoms with Gasteiger partial charge in [0, 0.05) is 28.4 Å². The summed E-state index contributed by atoms with van der Waals surface area (Å²) < 4.78 is 25.0. The van der Waals surface area contributed by atoms with Gasteiger partial charge in [-0.3, -0.25) is 5.32 Å². The lowest BCUT2D eigenvalue weighted by atomic mass is 9.92. The number of carbonyl (C=O) groups is 1. The van der Waals surface area contributed by atoms with Gasteiger partial charge in [0.25, 0.3) is 0 Å². The molecule has 1 heterocycles. The van der Waals surface area contributed by atoms with Gasteiger partial charge in [0.2, 0.25) is 0 Å². The molecule has 0 fully saturated rings. The normalized spacial score (nSPS) is 11.9. The van der Waals surface area contributed by atoms with E-state index >= 15 is 0 Å². The fraction of sp³-hybridized carbons (Fsp3) is 0.238. The molecule has 2 amide bonds. The van der Waals surface area contributed by atoms with Crippen LogP contribution in [0.3, 0.4) is 0 Å². The summed E-state index contributed by atoms with van der Waals surface area (Å²) in [5, 5.41) is 10.8. The number of benzene rings is 2. The summed E-state index contributed by atoms with van der Waals surface area (Å²) in [6.45, 7) is 6.05. The van der Waals surface area contributed by atoms with Gasteiger partial charge in [-0.05, 0) is 48.5 Å². The second-order valence-electron chi connectivity index (χ2n) is 7.93. The van der Waals surface area contributed by atoms with Gasteiger partial charge in [0.15, 0.2) is 9.84 Å². The maximum absolute atomic E-state index is 12.5. The first-order chi connectivity index (χ1) is 13.9. The number of amides is 2. The van der Waals surface area contributed by atoms with E-state index in [1.165, 1.54) is 12.1 Å². The minimum absolute atomic E-state index is 0.212. The van der Waals surface area contributed by atoms with Crippen LogP contribution in [0.4, 0.5) is 16.3 Å². The fourth-order valence-electron chi connectivity index (χ4n) is 2.68. The zero-order valence-corrected chi connectivity index (χ0v) is 18.7. The van der Waals surface area contributed by atoms with Gasteiger partial charge in [-0.25, -0.2) is 17.9 Å². The van der Waals surface area contributed by atoms with Crippen LogP contribution in [-0.4, -0.2) is 30.5 Å².